The van der Waals surface area contributed by atoms with E-state index in [-0.39, 0.29) is 17.5 Å². The summed E-state index contributed by atoms with van der Waals surface area (Å²) in [6, 6.07) is 0. The molecule has 0 saturated heterocycles. The average Bonchev–Trinajstić information content (AvgIpc) is 3.02. The van der Waals surface area contributed by atoms with Gasteiger partial charge in [0.1, 0.15) is 17.5 Å². The molecule has 6 heteroatoms. The first-order valence-corrected chi connectivity index (χ1v) is 5.02. The molecule has 1 aliphatic carbocycles. The minimum Gasteiger partial charge on any atom is -0.477 e. The quantitative estimate of drug-likeness (QED) is 0.785. The van der Waals surface area contributed by atoms with Crippen LogP contribution in [-0.2, 0) is 4.74 Å². The lowest BCUT2D eigenvalue weighted by Gasteiger charge is -2.13. The van der Waals surface area contributed by atoms with Crippen LogP contribution in [0.15, 0.2) is 6.20 Å². The number of carboxylic acids is 1. The van der Waals surface area contributed by atoms with Crippen molar-refractivity contribution in [2.75, 3.05) is 12.8 Å². The summed E-state index contributed by atoms with van der Waals surface area (Å²) < 4.78 is 5.29. The van der Waals surface area contributed by atoms with Gasteiger partial charge in [0.2, 0.25) is 0 Å². The molecule has 6 nitrogen and oxygen atoms in total. The number of nitrogens with zero attached hydrogens (tertiary/aromatic N) is 2. The van der Waals surface area contributed by atoms with Gasteiger partial charge in [-0.25, -0.2) is 14.8 Å². The smallest absolute Gasteiger partial charge is 0.341 e. The summed E-state index contributed by atoms with van der Waals surface area (Å²) in [6.45, 7) is 0. The first-order valence-electron chi connectivity index (χ1n) is 5.02. The van der Waals surface area contributed by atoms with E-state index in [0.29, 0.717) is 11.7 Å². The van der Waals surface area contributed by atoms with Crippen molar-refractivity contribution in [3.8, 4) is 0 Å². The molecule has 0 spiro atoms. The number of aromatic nitrogens is 2. The second kappa shape index (κ2) is 4.05. The van der Waals surface area contributed by atoms with Gasteiger partial charge in [-0.2, -0.15) is 0 Å². The largest absolute Gasteiger partial charge is 0.477 e. The Kier molecular flexibility index (Phi) is 2.74. The molecule has 0 radical (unpaired) electrons. The van der Waals surface area contributed by atoms with Crippen molar-refractivity contribution in [2.45, 2.75) is 18.9 Å². The molecule has 1 fully saturated rings. The van der Waals surface area contributed by atoms with Gasteiger partial charge in [0, 0.05) is 13.3 Å². The lowest BCUT2D eigenvalue weighted by atomic mass is 10.2. The highest BCUT2D eigenvalue weighted by Crippen LogP contribution is 2.41. The summed E-state index contributed by atoms with van der Waals surface area (Å²) >= 11 is 0. The predicted molar refractivity (Wildman–Crippen MR) is 55.9 cm³/mol. The number of ether oxygens (including phenoxy) is 1. The van der Waals surface area contributed by atoms with Gasteiger partial charge in [0.15, 0.2) is 5.82 Å². The number of carboxylic acid groups (broad SMARTS) is 1. The van der Waals surface area contributed by atoms with Crippen LogP contribution in [0.3, 0.4) is 0 Å². The lowest BCUT2D eigenvalue weighted by Crippen LogP contribution is -2.13. The summed E-state index contributed by atoms with van der Waals surface area (Å²) in [6.07, 6.45) is 3.23. The fourth-order valence-corrected chi connectivity index (χ4v) is 1.62. The van der Waals surface area contributed by atoms with Crippen LogP contribution in [0.2, 0.25) is 0 Å². The van der Waals surface area contributed by atoms with E-state index >= 15 is 0 Å². The van der Waals surface area contributed by atoms with Gasteiger partial charge in [0.05, 0.1) is 0 Å². The molecule has 1 saturated carbocycles. The predicted octanol–water partition coefficient (Wildman–Crippen LogP) is 0.854. The van der Waals surface area contributed by atoms with E-state index < -0.39 is 5.97 Å². The molecule has 1 aromatic rings. The molecule has 1 aromatic heterocycles. The van der Waals surface area contributed by atoms with E-state index in [2.05, 4.69) is 9.97 Å². The summed E-state index contributed by atoms with van der Waals surface area (Å²) in [5.74, 6) is -0.239. The minimum absolute atomic E-state index is 0.0137. The summed E-state index contributed by atoms with van der Waals surface area (Å²) in [5.41, 5.74) is 5.47. The average molecular weight is 223 g/mol. The molecule has 1 heterocycles. The summed E-state index contributed by atoms with van der Waals surface area (Å²) in [5, 5.41) is 8.78. The Hall–Kier alpha value is -1.69. The highest BCUT2D eigenvalue weighted by atomic mass is 16.5. The Morgan fingerprint density at radius 2 is 2.38 bits per heavy atom. The van der Waals surface area contributed by atoms with Crippen LogP contribution in [0.4, 0.5) is 5.82 Å². The Labute approximate surface area is 92.5 Å². The Morgan fingerprint density at radius 1 is 1.69 bits per heavy atom. The lowest BCUT2D eigenvalue weighted by molar-refractivity contribution is 0.0692. The molecule has 1 unspecified atom stereocenters. The number of rotatable bonds is 4. The zero-order valence-corrected chi connectivity index (χ0v) is 8.88. The van der Waals surface area contributed by atoms with Crippen LogP contribution < -0.4 is 5.73 Å². The van der Waals surface area contributed by atoms with Crippen LogP contribution >= 0.6 is 0 Å². The topological polar surface area (TPSA) is 98.3 Å². The van der Waals surface area contributed by atoms with E-state index in [0.717, 1.165) is 12.8 Å². The number of aromatic carboxylic acids is 1. The van der Waals surface area contributed by atoms with Gasteiger partial charge in [-0.05, 0) is 18.8 Å². The highest BCUT2D eigenvalue weighted by Gasteiger charge is 2.34. The molecule has 16 heavy (non-hydrogen) atoms. The van der Waals surface area contributed by atoms with Crippen molar-refractivity contribution in [2.24, 2.45) is 5.92 Å². The second-order valence-corrected chi connectivity index (χ2v) is 3.83. The van der Waals surface area contributed by atoms with Gasteiger partial charge < -0.3 is 15.6 Å². The number of nitrogens with two attached hydrogens (primary N) is 1. The van der Waals surface area contributed by atoms with Crippen molar-refractivity contribution in [1.82, 2.24) is 9.97 Å². The molecule has 0 aromatic carbocycles. The van der Waals surface area contributed by atoms with Gasteiger partial charge in [-0.1, -0.05) is 0 Å². The SMILES string of the molecule is COC(c1ncc(C(=O)O)c(N)n1)C1CC1. The third-order valence-electron chi connectivity index (χ3n) is 2.63. The van der Waals surface area contributed by atoms with Crippen molar-refractivity contribution in [3.05, 3.63) is 17.6 Å². The maximum atomic E-state index is 10.7. The first-order chi connectivity index (χ1) is 7.63. The second-order valence-electron chi connectivity index (χ2n) is 3.83. The van der Waals surface area contributed by atoms with Gasteiger partial charge in [0.25, 0.3) is 0 Å². The maximum absolute atomic E-state index is 10.7. The van der Waals surface area contributed by atoms with E-state index in [9.17, 15) is 4.79 Å². The fraction of sp³-hybridized carbons (Fsp3) is 0.500. The van der Waals surface area contributed by atoms with E-state index in [1.807, 2.05) is 0 Å². The van der Waals surface area contributed by atoms with Crippen molar-refractivity contribution in [1.29, 1.82) is 0 Å². The Balaban J connectivity index is 2.28. The van der Waals surface area contributed by atoms with Crippen molar-refractivity contribution >= 4 is 11.8 Å². The third-order valence-corrected chi connectivity index (χ3v) is 2.63. The number of hydrogen-bond acceptors (Lipinski definition) is 5. The minimum atomic E-state index is -1.12. The maximum Gasteiger partial charge on any atom is 0.341 e. The van der Waals surface area contributed by atoms with Gasteiger partial charge >= 0.3 is 5.97 Å². The molecule has 0 amide bonds. The Bertz CT molecular complexity index is 418. The first kappa shape index (κ1) is 10.8. The molecule has 0 aliphatic heterocycles. The molecular weight excluding hydrogens is 210 g/mol. The van der Waals surface area contributed by atoms with Crippen molar-refractivity contribution in [3.63, 3.8) is 0 Å². The highest BCUT2D eigenvalue weighted by molar-refractivity contribution is 5.92. The monoisotopic (exact) mass is 223 g/mol. The molecule has 2 rings (SSSR count). The molecule has 86 valence electrons. The summed E-state index contributed by atoms with van der Waals surface area (Å²) in [7, 11) is 1.59. The number of carbonyl (C=O) groups is 1. The summed E-state index contributed by atoms with van der Waals surface area (Å²) in [4.78, 5) is 18.7. The zero-order chi connectivity index (χ0) is 11.7. The van der Waals surface area contributed by atoms with Crippen LogP contribution in [0.1, 0.15) is 35.1 Å². The third kappa shape index (κ3) is 1.96. The Morgan fingerprint density at radius 3 is 2.81 bits per heavy atom. The molecular formula is C10H13N3O3. The number of nitrogen functional groups attached to an aromatic ring is 1. The fourth-order valence-electron chi connectivity index (χ4n) is 1.62. The molecule has 0 bridgehead atoms. The number of anilines is 1. The molecule has 1 atom stereocenters. The molecule has 1 aliphatic rings. The van der Waals surface area contributed by atoms with E-state index in [1.165, 1.54) is 6.20 Å². The number of hydrogen-bond donors (Lipinski definition) is 2. The van der Waals surface area contributed by atoms with Gasteiger partial charge in [-0.3, -0.25) is 0 Å². The van der Waals surface area contributed by atoms with Crippen LogP contribution in [0.5, 0.6) is 0 Å². The standard InChI is InChI=1S/C10H13N3O3/c1-16-7(5-2-3-5)9-12-4-6(10(14)15)8(11)13-9/h4-5,7H,2-3H2,1H3,(H,14,15)(H2,11,12,13). The number of methoxy groups -OCH3 is 1. The van der Waals surface area contributed by atoms with Crippen LogP contribution in [0.25, 0.3) is 0 Å². The van der Waals surface area contributed by atoms with Crippen LogP contribution in [-0.4, -0.2) is 28.2 Å². The van der Waals surface area contributed by atoms with Gasteiger partial charge in [-0.15, -0.1) is 0 Å². The van der Waals surface area contributed by atoms with E-state index in [4.69, 9.17) is 15.6 Å². The van der Waals surface area contributed by atoms with Crippen molar-refractivity contribution < 1.29 is 14.6 Å². The molecule has 3 N–H and O–H groups in total. The zero-order valence-electron chi connectivity index (χ0n) is 8.88. The van der Waals surface area contributed by atoms with E-state index in [1.54, 1.807) is 7.11 Å². The van der Waals surface area contributed by atoms with Crippen LogP contribution in [0, 0.1) is 5.92 Å². The normalized spacial score (nSPS) is 17.1.